The van der Waals surface area contributed by atoms with Gasteiger partial charge < -0.3 is 0 Å². The summed E-state index contributed by atoms with van der Waals surface area (Å²) < 4.78 is 21.4. The van der Waals surface area contributed by atoms with Crippen molar-refractivity contribution in [2.45, 2.75) is 53.2 Å². The molecular formula is C11H24O3S. The van der Waals surface area contributed by atoms with E-state index in [4.69, 9.17) is 0 Å². The zero-order valence-corrected chi connectivity index (χ0v) is 11.5. The first kappa shape index (κ1) is 17.0. The topological polar surface area (TPSA) is 51.2 Å². The molecule has 0 aromatic rings. The summed E-state index contributed by atoms with van der Waals surface area (Å²) in [4.78, 5) is 10.5. The van der Waals surface area contributed by atoms with E-state index in [1.165, 1.54) is 0 Å². The first-order chi connectivity index (χ1) is 6.68. The van der Waals surface area contributed by atoms with E-state index >= 15 is 0 Å². The molecule has 92 valence electrons. The highest BCUT2D eigenvalue weighted by molar-refractivity contribution is 7.91. The molecule has 0 unspecified atom stereocenters. The van der Waals surface area contributed by atoms with Gasteiger partial charge >= 0.3 is 0 Å². The maximum absolute atomic E-state index is 10.7. The minimum atomic E-state index is -2.74. The van der Waals surface area contributed by atoms with Gasteiger partial charge in [-0.3, -0.25) is 4.79 Å². The van der Waals surface area contributed by atoms with E-state index in [-0.39, 0.29) is 16.9 Å². The van der Waals surface area contributed by atoms with Gasteiger partial charge in [0.1, 0.15) is 5.78 Å². The number of rotatable bonds is 4. The number of hydrogen-bond acceptors (Lipinski definition) is 3. The highest BCUT2D eigenvalue weighted by Gasteiger charge is 2.11. The second kappa shape index (κ2) is 7.85. The van der Waals surface area contributed by atoms with E-state index in [1.54, 1.807) is 20.8 Å². The molecule has 0 atom stereocenters. The zero-order chi connectivity index (χ0) is 12.6. The first-order valence-electron chi connectivity index (χ1n) is 5.43. The van der Waals surface area contributed by atoms with Crippen LogP contribution in [-0.4, -0.2) is 25.2 Å². The number of hydrogen-bond donors (Lipinski definition) is 0. The molecule has 0 aromatic carbocycles. The summed E-state index contributed by atoms with van der Waals surface area (Å²) >= 11 is 0. The van der Waals surface area contributed by atoms with Crippen molar-refractivity contribution in [1.29, 1.82) is 0 Å². The average molecular weight is 236 g/mol. The summed E-state index contributed by atoms with van der Waals surface area (Å²) in [6.45, 7) is 10.8. The fourth-order valence-electron chi connectivity index (χ4n) is 0.742. The van der Waals surface area contributed by atoms with Crippen molar-refractivity contribution in [3.8, 4) is 0 Å². The van der Waals surface area contributed by atoms with E-state index in [1.807, 2.05) is 20.8 Å². The van der Waals surface area contributed by atoms with Crippen molar-refractivity contribution in [3.05, 3.63) is 0 Å². The SMILES string of the molecule is CCC(=O)C(C)C.CCS(=O)(=O)C(C)C. The van der Waals surface area contributed by atoms with Crippen LogP contribution >= 0.6 is 0 Å². The van der Waals surface area contributed by atoms with Gasteiger partial charge in [0.15, 0.2) is 9.84 Å². The van der Waals surface area contributed by atoms with E-state index in [0.717, 1.165) is 0 Å². The standard InChI is InChI=1S/C6H12O.C5H12O2S/c1-4-6(7)5(2)3;1-4-8(6,7)5(2)3/h5H,4H2,1-3H3;5H,4H2,1-3H3. The third kappa shape index (κ3) is 8.60. The molecule has 0 N–H and O–H groups in total. The molecule has 0 aliphatic rings. The zero-order valence-electron chi connectivity index (χ0n) is 10.7. The van der Waals surface area contributed by atoms with E-state index in [0.29, 0.717) is 12.2 Å². The maximum atomic E-state index is 10.7. The fraction of sp³-hybridized carbons (Fsp3) is 0.909. The molecule has 15 heavy (non-hydrogen) atoms. The van der Waals surface area contributed by atoms with E-state index < -0.39 is 9.84 Å². The van der Waals surface area contributed by atoms with Gasteiger partial charge in [0.05, 0.1) is 5.25 Å². The maximum Gasteiger partial charge on any atom is 0.152 e. The van der Waals surface area contributed by atoms with Gasteiger partial charge in [-0.2, -0.15) is 0 Å². The summed E-state index contributed by atoms with van der Waals surface area (Å²) in [6.07, 6.45) is 0.678. The van der Waals surface area contributed by atoms with Crippen LogP contribution in [0.5, 0.6) is 0 Å². The van der Waals surface area contributed by atoms with E-state index in [9.17, 15) is 13.2 Å². The van der Waals surface area contributed by atoms with Crippen LogP contribution in [0.4, 0.5) is 0 Å². The van der Waals surface area contributed by atoms with Crippen molar-refractivity contribution in [1.82, 2.24) is 0 Å². The van der Waals surface area contributed by atoms with E-state index in [2.05, 4.69) is 0 Å². The fourth-order valence-corrected chi connectivity index (χ4v) is 1.41. The molecular weight excluding hydrogens is 212 g/mol. The lowest BCUT2D eigenvalue weighted by atomic mass is 10.1. The van der Waals surface area contributed by atoms with Crippen LogP contribution in [-0.2, 0) is 14.6 Å². The molecule has 0 aliphatic carbocycles. The molecule has 0 saturated carbocycles. The van der Waals surface area contributed by atoms with Crippen LogP contribution < -0.4 is 0 Å². The van der Waals surface area contributed by atoms with Crippen molar-refractivity contribution < 1.29 is 13.2 Å². The molecule has 0 bridgehead atoms. The lowest BCUT2D eigenvalue weighted by Gasteiger charge is -2.01. The Balaban J connectivity index is 0. The van der Waals surface area contributed by atoms with Gasteiger partial charge in [0, 0.05) is 18.1 Å². The largest absolute Gasteiger partial charge is 0.299 e. The monoisotopic (exact) mass is 236 g/mol. The second-order valence-corrected chi connectivity index (χ2v) is 6.82. The Hall–Kier alpha value is -0.380. The molecule has 0 aliphatic heterocycles. The minimum Gasteiger partial charge on any atom is -0.299 e. The van der Waals surface area contributed by atoms with Crippen molar-refractivity contribution in [2.75, 3.05) is 5.75 Å². The molecule has 3 nitrogen and oxygen atoms in total. The Bertz CT molecular complexity index is 264. The van der Waals surface area contributed by atoms with Gasteiger partial charge in [0.2, 0.25) is 0 Å². The van der Waals surface area contributed by atoms with Gasteiger partial charge in [-0.1, -0.05) is 27.7 Å². The quantitative estimate of drug-likeness (QED) is 0.753. The molecule has 0 saturated heterocycles. The van der Waals surface area contributed by atoms with Gasteiger partial charge in [0.25, 0.3) is 0 Å². The summed E-state index contributed by atoms with van der Waals surface area (Å²) in [5, 5.41) is -0.215. The lowest BCUT2D eigenvalue weighted by molar-refractivity contribution is -0.121. The normalized spacial score (nSPS) is 11.2. The van der Waals surface area contributed by atoms with Gasteiger partial charge in [-0.25, -0.2) is 8.42 Å². The number of ketones is 1. The van der Waals surface area contributed by atoms with Crippen molar-refractivity contribution in [2.24, 2.45) is 5.92 Å². The molecule has 4 heteroatoms. The predicted molar refractivity (Wildman–Crippen MR) is 64.7 cm³/mol. The highest BCUT2D eigenvalue weighted by Crippen LogP contribution is 1.98. The van der Waals surface area contributed by atoms with Gasteiger partial charge in [-0.15, -0.1) is 0 Å². The molecule has 0 aromatic heterocycles. The van der Waals surface area contributed by atoms with Crippen molar-refractivity contribution in [3.63, 3.8) is 0 Å². The molecule has 0 fully saturated rings. The third-order valence-corrected chi connectivity index (χ3v) is 4.35. The first-order valence-corrected chi connectivity index (χ1v) is 7.14. The molecule has 0 rings (SSSR count). The predicted octanol–water partition coefficient (Wildman–Crippen LogP) is 2.45. The second-order valence-electron chi connectivity index (χ2n) is 3.97. The Labute approximate surface area is 94.2 Å². The smallest absolute Gasteiger partial charge is 0.152 e. The Morgan fingerprint density at radius 3 is 1.47 bits per heavy atom. The van der Waals surface area contributed by atoms with Crippen LogP contribution in [0.2, 0.25) is 0 Å². The number of Topliss-reactive ketones (excluding diaryl/α,β-unsaturated/α-hetero) is 1. The number of sulfone groups is 1. The minimum absolute atomic E-state index is 0.215. The van der Waals surface area contributed by atoms with Crippen LogP contribution in [0.25, 0.3) is 0 Å². The summed E-state index contributed by atoms with van der Waals surface area (Å²) in [7, 11) is -2.74. The van der Waals surface area contributed by atoms with Crippen molar-refractivity contribution >= 4 is 15.6 Å². The molecule has 0 heterocycles. The lowest BCUT2D eigenvalue weighted by Crippen LogP contribution is -2.15. The average Bonchev–Trinajstić information content (AvgIpc) is 2.17. The molecule has 0 amide bonds. The van der Waals surface area contributed by atoms with Crippen LogP contribution in [0, 0.1) is 5.92 Å². The number of carbonyl (C=O) groups excluding carboxylic acids is 1. The third-order valence-electron chi connectivity index (χ3n) is 2.11. The molecule has 0 spiro atoms. The summed E-state index contributed by atoms with van der Waals surface area (Å²) in [5.74, 6) is 0.829. The van der Waals surface area contributed by atoms with Gasteiger partial charge in [-0.05, 0) is 13.8 Å². The van der Waals surface area contributed by atoms with Crippen LogP contribution in [0.15, 0.2) is 0 Å². The van der Waals surface area contributed by atoms with Crippen LogP contribution in [0.3, 0.4) is 0 Å². The molecule has 0 radical (unpaired) electrons. The summed E-state index contributed by atoms with van der Waals surface area (Å²) in [6, 6.07) is 0. The Morgan fingerprint density at radius 2 is 1.47 bits per heavy atom. The number of carbonyl (C=O) groups is 1. The Kier molecular flexibility index (Phi) is 8.92. The highest BCUT2D eigenvalue weighted by atomic mass is 32.2. The Morgan fingerprint density at radius 1 is 1.07 bits per heavy atom. The van der Waals surface area contributed by atoms with Crippen LogP contribution in [0.1, 0.15) is 48.0 Å². The summed E-state index contributed by atoms with van der Waals surface area (Å²) in [5.41, 5.74) is 0.